The summed E-state index contributed by atoms with van der Waals surface area (Å²) in [5.74, 6) is 0. The lowest BCUT2D eigenvalue weighted by molar-refractivity contribution is 0.399. The molecule has 0 rings (SSSR count). The van der Waals surface area contributed by atoms with Gasteiger partial charge in [-0.3, -0.25) is 0 Å². The fourth-order valence-corrected chi connectivity index (χ4v) is 0.333. The van der Waals surface area contributed by atoms with Gasteiger partial charge in [0.2, 0.25) is 0 Å². The molecule has 0 aliphatic carbocycles. The van der Waals surface area contributed by atoms with Crippen LogP contribution in [0.15, 0.2) is 12.2 Å². The van der Waals surface area contributed by atoms with Crippen LogP contribution in [-0.2, 0) is 0 Å². The Kier molecular flexibility index (Phi) is 21.1. The number of aliphatic hydroxyl groups excluding tert-OH is 1. The summed E-state index contributed by atoms with van der Waals surface area (Å²) in [5.41, 5.74) is 0. The average Bonchev–Trinajstić information content (AvgIpc) is 1.88. The van der Waals surface area contributed by atoms with E-state index in [1.807, 2.05) is 0 Å². The van der Waals surface area contributed by atoms with Gasteiger partial charge in [-0.25, -0.2) is 0 Å². The van der Waals surface area contributed by atoms with Crippen molar-refractivity contribution < 1.29 is 5.11 Å². The third kappa shape index (κ3) is 17.3. The molecule has 0 spiro atoms. The maximum Gasteiger partial charge on any atom is 0.0319 e. The number of allylic oxidation sites excluding steroid dienone is 2. The molecule has 0 atom stereocenters. The highest BCUT2D eigenvalue weighted by Gasteiger charge is 1.60. The second kappa shape index (κ2) is 15.9. The maximum atomic E-state index is 7.00. The highest BCUT2D eigenvalue weighted by atomic mass is 16.2. The summed E-state index contributed by atoms with van der Waals surface area (Å²) in [6, 6.07) is 0. The minimum absolute atomic E-state index is 1.00. The molecule has 0 saturated carbocycles. The van der Waals surface area contributed by atoms with Gasteiger partial charge in [0.05, 0.1) is 0 Å². The molecule has 0 amide bonds. The Morgan fingerprint density at radius 1 is 1.00 bits per heavy atom. The quantitative estimate of drug-likeness (QED) is 0.547. The third-order valence-electron chi connectivity index (χ3n) is 0.638. The van der Waals surface area contributed by atoms with Crippen molar-refractivity contribution in [2.75, 3.05) is 7.11 Å². The normalized spacial score (nSPS) is 8.50. The van der Waals surface area contributed by atoms with Gasteiger partial charge in [0.25, 0.3) is 0 Å². The Morgan fingerprint density at radius 3 is 1.38 bits per heavy atom. The van der Waals surface area contributed by atoms with Crippen molar-refractivity contribution in [1.82, 2.24) is 0 Å². The van der Waals surface area contributed by atoms with E-state index in [-0.39, 0.29) is 0 Å². The molecule has 0 heterocycles. The largest absolute Gasteiger partial charge is 0.400 e. The number of hydrogen-bond donors (Lipinski definition) is 1. The van der Waals surface area contributed by atoms with E-state index in [1.54, 1.807) is 0 Å². The highest BCUT2D eigenvalue weighted by molar-refractivity contribution is 4.77. The molecule has 1 heteroatoms. The zero-order valence-electron chi connectivity index (χ0n) is 6.02. The van der Waals surface area contributed by atoms with Gasteiger partial charge >= 0.3 is 0 Å². The fourth-order valence-electron chi connectivity index (χ4n) is 0.333. The minimum atomic E-state index is 1.00. The van der Waals surface area contributed by atoms with Gasteiger partial charge in [0.15, 0.2) is 0 Å². The molecule has 0 fully saturated rings. The van der Waals surface area contributed by atoms with Crippen molar-refractivity contribution >= 4 is 0 Å². The average molecular weight is 116 g/mol. The van der Waals surface area contributed by atoms with Gasteiger partial charge in [-0.15, -0.1) is 0 Å². The van der Waals surface area contributed by atoms with Crippen molar-refractivity contribution in [2.45, 2.75) is 26.7 Å². The lowest BCUT2D eigenvalue weighted by Crippen LogP contribution is -1.51. The Hall–Kier alpha value is -0.300. The van der Waals surface area contributed by atoms with E-state index in [1.165, 1.54) is 12.8 Å². The summed E-state index contributed by atoms with van der Waals surface area (Å²) >= 11 is 0. The molecule has 1 nitrogen and oxygen atoms in total. The van der Waals surface area contributed by atoms with Crippen LogP contribution in [-0.4, -0.2) is 12.2 Å². The molecule has 0 radical (unpaired) electrons. The molecule has 0 bridgehead atoms. The van der Waals surface area contributed by atoms with Crippen LogP contribution in [0.1, 0.15) is 26.7 Å². The zero-order valence-corrected chi connectivity index (χ0v) is 6.02. The van der Waals surface area contributed by atoms with Gasteiger partial charge < -0.3 is 5.11 Å². The maximum absolute atomic E-state index is 7.00. The molecular formula is C7H16O. The molecular weight excluding hydrogens is 100 g/mol. The molecule has 0 aliphatic heterocycles. The summed E-state index contributed by atoms with van der Waals surface area (Å²) < 4.78 is 0. The van der Waals surface area contributed by atoms with Crippen molar-refractivity contribution in [3.8, 4) is 0 Å². The van der Waals surface area contributed by atoms with Crippen LogP contribution in [0.25, 0.3) is 0 Å². The van der Waals surface area contributed by atoms with Crippen LogP contribution in [0.5, 0.6) is 0 Å². The van der Waals surface area contributed by atoms with Crippen LogP contribution >= 0.6 is 0 Å². The Morgan fingerprint density at radius 2 is 1.25 bits per heavy atom. The molecule has 0 unspecified atom stereocenters. The van der Waals surface area contributed by atoms with Gasteiger partial charge in [0.1, 0.15) is 0 Å². The summed E-state index contributed by atoms with van der Waals surface area (Å²) in [5, 5.41) is 7.00. The molecule has 1 N–H and O–H groups in total. The van der Waals surface area contributed by atoms with Crippen molar-refractivity contribution in [3.63, 3.8) is 0 Å². The smallest absolute Gasteiger partial charge is 0.0319 e. The molecule has 0 aromatic carbocycles. The third-order valence-corrected chi connectivity index (χ3v) is 0.638. The van der Waals surface area contributed by atoms with Crippen LogP contribution in [0.4, 0.5) is 0 Å². The first kappa shape index (κ1) is 10.6. The van der Waals surface area contributed by atoms with Gasteiger partial charge in [-0.2, -0.15) is 0 Å². The summed E-state index contributed by atoms with van der Waals surface area (Å²) in [6.45, 7) is 4.29. The number of rotatable bonds is 2. The van der Waals surface area contributed by atoms with E-state index >= 15 is 0 Å². The lowest BCUT2D eigenvalue weighted by Gasteiger charge is -1.72. The number of aliphatic hydroxyl groups is 1. The predicted molar refractivity (Wildman–Crippen MR) is 37.9 cm³/mol. The minimum Gasteiger partial charge on any atom is -0.400 e. The summed E-state index contributed by atoms with van der Waals surface area (Å²) in [4.78, 5) is 0. The van der Waals surface area contributed by atoms with Crippen molar-refractivity contribution in [2.24, 2.45) is 0 Å². The molecule has 0 aliphatic rings. The molecule has 0 aromatic rings. The predicted octanol–water partition coefficient (Wildman–Crippen LogP) is 1.97. The second-order valence-corrected chi connectivity index (χ2v) is 1.29. The van der Waals surface area contributed by atoms with E-state index < -0.39 is 0 Å². The van der Waals surface area contributed by atoms with Gasteiger partial charge in [-0.1, -0.05) is 26.0 Å². The summed E-state index contributed by atoms with van der Waals surface area (Å²) in [6.07, 6.45) is 6.71. The Bertz CT molecular complexity index is 33.7. The first-order chi connectivity index (χ1) is 3.91. The lowest BCUT2D eigenvalue weighted by atomic mass is 10.4. The van der Waals surface area contributed by atoms with Crippen LogP contribution in [0, 0.1) is 0 Å². The number of hydrogen-bond acceptors (Lipinski definition) is 1. The van der Waals surface area contributed by atoms with Crippen LogP contribution < -0.4 is 0 Å². The van der Waals surface area contributed by atoms with Crippen LogP contribution in [0.3, 0.4) is 0 Å². The van der Waals surface area contributed by atoms with E-state index in [0.717, 1.165) is 7.11 Å². The Balaban J connectivity index is 0. The SMILES string of the molecule is CCC=CCC.CO. The molecule has 0 saturated heterocycles. The molecule has 50 valence electrons. The van der Waals surface area contributed by atoms with Gasteiger partial charge in [-0.05, 0) is 12.8 Å². The van der Waals surface area contributed by atoms with E-state index in [9.17, 15) is 0 Å². The van der Waals surface area contributed by atoms with Crippen LogP contribution in [0.2, 0.25) is 0 Å². The fraction of sp³-hybridized carbons (Fsp3) is 0.714. The van der Waals surface area contributed by atoms with Crippen molar-refractivity contribution in [3.05, 3.63) is 12.2 Å². The molecule has 0 aromatic heterocycles. The zero-order chi connectivity index (χ0) is 6.83. The second-order valence-electron chi connectivity index (χ2n) is 1.29. The topological polar surface area (TPSA) is 20.2 Å². The van der Waals surface area contributed by atoms with E-state index in [4.69, 9.17) is 5.11 Å². The first-order valence-electron chi connectivity index (χ1n) is 3.01. The molecule has 8 heavy (non-hydrogen) atoms. The first-order valence-corrected chi connectivity index (χ1v) is 3.01. The van der Waals surface area contributed by atoms with Crippen molar-refractivity contribution in [1.29, 1.82) is 0 Å². The standard InChI is InChI=1S/C6H12.CH4O/c1-3-5-6-4-2;1-2/h5-6H,3-4H2,1-2H3;2H,1H3. The Labute approximate surface area is 52.0 Å². The summed E-state index contributed by atoms with van der Waals surface area (Å²) in [7, 11) is 1.00. The van der Waals surface area contributed by atoms with E-state index in [2.05, 4.69) is 26.0 Å². The highest BCUT2D eigenvalue weighted by Crippen LogP contribution is 1.81. The van der Waals surface area contributed by atoms with Gasteiger partial charge in [0, 0.05) is 7.11 Å². The van der Waals surface area contributed by atoms with E-state index in [0.29, 0.717) is 0 Å². The monoisotopic (exact) mass is 116 g/mol.